The zero-order valence-corrected chi connectivity index (χ0v) is 12.5. The van der Waals surface area contributed by atoms with Crippen LogP contribution in [0.3, 0.4) is 0 Å². The zero-order chi connectivity index (χ0) is 14.0. The second-order valence-corrected chi connectivity index (χ2v) is 6.94. The highest BCUT2D eigenvalue weighted by Gasteiger charge is 2.19. The van der Waals surface area contributed by atoms with Gasteiger partial charge in [0.2, 0.25) is 0 Å². The van der Waals surface area contributed by atoms with Gasteiger partial charge >= 0.3 is 0 Å². The minimum absolute atomic E-state index is 0.269. The van der Waals surface area contributed by atoms with Crippen molar-refractivity contribution >= 4 is 25.8 Å². The Morgan fingerprint density at radius 3 is 2.32 bits per heavy atom. The average Bonchev–Trinajstić information content (AvgIpc) is 2.76. The molecule has 1 aromatic carbocycles. The van der Waals surface area contributed by atoms with Crippen molar-refractivity contribution in [1.29, 1.82) is 0 Å². The largest absolute Gasteiger partial charge is 0.466 e. The fraction of sp³-hybridized carbons (Fsp3) is 0.167. The number of hydrogen-bond donors (Lipinski definition) is 2. The van der Waals surface area contributed by atoms with E-state index in [1.807, 2.05) is 0 Å². The quantitative estimate of drug-likeness (QED) is 0.654. The van der Waals surface area contributed by atoms with Crippen LogP contribution < -0.4 is 11.3 Å². The molecular formula is C12H13BrN2O3S. The summed E-state index contributed by atoms with van der Waals surface area (Å²) in [6.07, 6.45) is 2.72. The first-order valence-electron chi connectivity index (χ1n) is 5.42. The zero-order valence-electron chi connectivity index (χ0n) is 10.1. The number of sulfone groups is 1. The highest BCUT2D eigenvalue weighted by atomic mass is 79.9. The summed E-state index contributed by atoms with van der Waals surface area (Å²) in [6.45, 7) is 0. The second-order valence-electron chi connectivity index (χ2n) is 4.07. The van der Waals surface area contributed by atoms with E-state index in [1.165, 1.54) is 6.26 Å². The maximum Gasteiger partial charge on any atom is 0.175 e. The molecule has 1 aromatic heterocycles. The normalized spacial score (nSPS) is 13.4. The molecule has 0 aliphatic heterocycles. The molecule has 0 saturated carbocycles. The van der Waals surface area contributed by atoms with E-state index in [0.717, 1.165) is 10.0 Å². The standard InChI is InChI=1S/C12H13BrN2O3S/c1-19(16,17)9-4-2-8(3-5-9)11(15-14)12-10(13)6-7-18-12/h2-7,11,15H,14H2,1H3. The minimum atomic E-state index is -3.20. The van der Waals surface area contributed by atoms with E-state index in [4.69, 9.17) is 10.3 Å². The monoisotopic (exact) mass is 344 g/mol. The summed E-state index contributed by atoms with van der Waals surface area (Å²) in [6, 6.07) is 7.92. The van der Waals surface area contributed by atoms with Gasteiger partial charge in [-0.15, -0.1) is 0 Å². The maximum atomic E-state index is 11.4. The molecule has 3 N–H and O–H groups in total. The number of hydrazine groups is 1. The van der Waals surface area contributed by atoms with E-state index in [2.05, 4.69) is 21.4 Å². The van der Waals surface area contributed by atoms with Gasteiger partial charge in [-0.05, 0) is 39.7 Å². The smallest absolute Gasteiger partial charge is 0.175 e. The first kappa shape index (κ1) is 14.3. The van der Waals surface area contributed by atoms with Gasteiger partial charge in [0, 0.05) is 6.26 Å². The predicted molar refractivity (Wildman–Crippen MR) is 75.1 cm³/mol. The van der Waals surface area contributed by atoms with Gasteiger partial charge in [-0.1, -0.05) is 12.1 Å². The van der Waals surface area contributed by atoms with Crippen LogP contribution in [0.15, 0.2) is 50.4 Å². The van der Waals surface area contributed by atoms with Crippen molar-refractivity contribution in [2.45, 2.75) is 10.9 Å². The van der Waals surface area contributed by atoms with E-state index < -0.39 is 9.84 Å². The Bertz CT molecular complexity index is 665. The lowest BCUT2D eigenvalue weighted by molar-refractivity contribution is 0.449. The molecule has 1 heterocycles. The van der Waals surface area contributed by atoms with E-state index in [-0.39, 0.29) is 10.9 Å². The van der Waals surface area contributed by atoms with Crippen molar-refractivity contribution in [2.75, 3.05) is 6.26 Å². The molecule has 0 saturated heterocycles. The lowest BCUT2D eigenvalue weighted by Gasteiger charge is -2.14. The molecule has 102 valence electrons. The SMILES string of the molecule is CS(=O)(=O)c1ccc(C(NN)c2occc2Br)cc1. The van der Waals surface area contributed by atoms with Gasteiger partial charge in [-0.25, -0.2) is 13.8 Å². The van der Waals surface area contributed by atoms with Crippen LogP contribution in [-0.4, -0.2) is 14.7 Å². The topological polar surface area (TPSA) is 85.3 Å². The Labute approximate surface area is 119 Å². The Kier molecular flexibility index (Phi) is 4.10. The first-order valence-corrected chi connectivity index (χ1v) is 8.11. The average molecular weight is 345 g/mol. The summed E-state index contributed by atoms with van der Waals surface area (Å²) in [4.78, 5) is 0.269. The maximum absolute atomic E-state index is 11.4. The summed E-state index contributed by atoms with van der Waals surface area (Å²) in [5, 5.41) is 0. The van der Waals surface area contributed by atoms with Gasteiger partial charge in [0.05, 0.1) is 15.6 Å². The molecule has 5 nitrogen and oxygen atoms in total. The number of halogens is 1. The summed E-state index contributed by atoms with van der Waals surface area (Å²) in [5.41, 5.74) is 3.46. The Balaban J connectivity index is 2.38. The minimum Gasteiger partial charge on any atom is -0.466 e. The van der Waals surface area contributed by atoms with Crippen molar-refractivity contribution in [3.8, 4) is 0 Å². The number of rotatable bonds is 4. The molecule has 0 aliphatic rings. The Morgan fingerprint density at radius 2 is 1.89 bits per heavy atom. The molecule has 2 aromatic rings. The molecular weight excluding hydrogens is 332 g/mol. The van der Waals surface area contributed by atoms with Crippen LogP contribution in [-0.2, 0) is 9.84 Å². The van der Waals surface area contributed by atoms with Gasteiger partial charge in [-0.2, -0.15) is 0 Å². The van der Waals surface area contributed by atoms with Crippen molar-refractivity contribution in [3.63, 3.8) is 0 Å². The summed E-state index contributed by atoms with van der Waals surface area (Å²) in [5.74, 6) is 6.17. The van der Waals surface area contributed by atoms with Crippen LogP contribution in [0.5, 0.6) is 0 Å². The number of hydrogen-bond acceptors (Lipinski definition) is 5. The fourth-order valence-electron chi connectivity index (χ4n) is 1.74. The molecule has 2 rings (SSSR count). The third kappa shape index (κ3) is 3.06. The Morgan fingerprint density at radius 1 is 1.26 bits per heavy atom. The van der Waals surface area contributed by atoms with E-state index in [0.29, 0.717) is 5.76 Å². The molecule has 7 heteroatoms. The molecule has 0 spiro atoms. The van der Waals surface area contributed by atoms with Crippen LogP contribution in [0.25, 0.3) is 0 Å². The third-order valence-corrected chi connectivity index (χ3v) is 4.50. The second kappa shape index (κ2) is 5.46. The first-order chi connectivity index (χ1) is 8.93. The molecule has 0 radical (unpaired) electrons. The van der Waals surface area contributed by atoms with Crippen LogP contribution >= 0.6 is 15.9 Å². The highest BCUT2D eigenvalue weighted by molar-refractivity contribution is 9.10. The van der Waals surface area contributed by atoms with Crippen LogP contribution in [0.1, 0.15) is 17.4 Å². The predicted octanol–water partition coefficient (Wildman–Crippen LogP) is 2.00. The van der Waals surface area contributed by atoms with Gasteiger partial charge in [0.25, 0.3) is 0 Å². The molecule has 0 amide bonds. The van der Waals surface area contributed by atoms with E-state index >= 15 is 0 Å². The lowest BCUT2D eigenvalue weighted by atomic mass is 10.1. The summed E-state index contributed by atoms with van der Waals surface area (Å²) < 4.78 is 29.0. The van der Waals surface area contributed by atoms with Gasteiger partial charge in [0.1, 0.15) is 11.8 Å². The van der Waals surface area contributed by atoms with Gasteiger partial charge in [0.15, 0.2) is 9.84 Å². The van der Waals surface area contributed by atoms with Crippen molar-refractivity contribution in [1.82, 2.24) is 5.43 Å². The number of nitrogens with two attached hydrogens (primary N) is 1. The van der Waals surface area contributed by atoms with Gasteiger partial charge < -0.3 is 4.42 Å². The van der Waals surface area contributed by atoms with Crippen molar-refractivity contribution in [3.05, 3.63) is 52.4 Å². The molecule has 19 heavy (non-hydrogen) atoms. The fourth-order valence-corrected chi connectivity index (χ4v) is 2.80. The molecule has 0 aliphatic carbocycles. The van der Waals surface area contributed by atoms with E-state index in [9.17, 15) is 8.42 Å². The summed E-state index contributed by atoms with van der Waals surface area (Å²) >= 11 is 3.37. The number of benzene rings is 1. The lowest BCUT2D eigenvalue weighted by Crippen LogP contribution is -2.28. The number of furan rings is 1. The van der Waals surface area contributed by atoms with Crippen LogP contribution in [0, 0.1) is 0 Å². The third-order valence-electron chi connectivity index (χ3n) is 2.72. The highest BCUT2D eigenvalue weighted by Crippen LogP contribution is 2.29. The van der Waals surface area contributed by atoms with Crippen LogP contribution in [0.2, 0.25) is 0 Å². The summed E-state index contributed by atoms with van der Waals surface area (Å²) in [7, 11) is -3.20. The van der Waals surface area contributed by atoms with Crippen molar-refractivity contribution in [2.24, 2.45) is 5.84 Å². The Hall–Kier alpha value is -1.15. The molecule has 1 atom stereocenters. The molecule has 0 bridgehead atoms. The van der Waals surface area contributed by atoms with E-state index in [1.54, 1.807) is 36.6 Å². The van der Waals surface area contributed by atoms with Gasteiger partial charge in [-0.3, -0.25) is 5.84 Å². The molecule has 1 unspecified atom stereocenters. The van der Waals surface area contributed by atoms with Crippen LogP contribution in [0.4, 0.5) is 0 Å². The molecule has 0 fully saturated rings. The number of nitrogens with one attached hydrogen (secondary N) is 1. The van der Waals surface area contributed by atoms with Crippen molar-refractivity contribution < 1.29 is 12.8 Å².